The van der Waals surface area contributed by atoms with Gasteiger partial charge in [0.15, 0.2) is 0 Å². The van der Waals surface area contributed by atoms with Gasteiger partial charge in [0.2, 0.25) is 0 Å². The Balaban J connectivity index is 0.00000208. The van der Waals surface area contributed by atoms with Crippen molar-refractivity contribution in [2.24, 2.45) is 0 Å². The maximum atomic E-state index is 14.3. The number of hydrogen-bond donors (Lipinski definition) is 2. The Morgan fingerprint density at radius 3 is 2.50 bits per heavy atom. The summed E-state index contributed by atoms with van der Waals surface area (Å²) < 4.78 is 14.3. The van der Waals surface area contributed by atoms with Crippen molar-refractivity contribution in [3.63, 3.8) is 0 Å². The Morgan fingerprint density at radius 1 is 1.17 bits per heavy atom. The van der Waals surface area contributed by atoms with Gasteiger partial charge in [0, 0.05) is 12.6 Å². The first-order valence-corrected chi connectivity index (χ1v) is 8.01. The second-order valence-electron chi connectivity index (χ2n) is 6.08. The number of amides is 1. The van der Waals surface area contributed by atoms with Crippen LogP contribution in [0.25, 0.3) is 11.1 Å². The lowest BCUT2D eigenvalue weighted by molar-refractivity contribution is 0.0926. The van der Waals surface area contributed by atoms with Gasteiger partial charge < -0.3 is 10.6 Å². The van der Waals surface area contributed by atoms with Gasteiger partial charge in [-0.25, -0.2) is 4.39 Å². The Morgan fingerprint density at radius 2 is 1.88 bits per heavy atom. The van der Waals surface area contributed by atoms with Gasteiger partial charge in [-0.2, -0.15) is 0 Å². The molecule has 1 unspecified atom stereocenters. The molecule has 3 rings (SSSR count). The number of carbonyl (C=O) groups is 1. The Hall–Kier alpha value is -1.91. The average molecular weight is 349 g/mol. The number of halogens is 2. The van der Waals surface area contributed by atoms with Gasteiger partial charge in [0.1, 0.15) is 5.82 Å². The Labute approximate surface area is 148 Å². The third kappa shape index (κ3) is 4.34. The lowest BCUT2D eigenvalue weighted by Crippen LogP contribution is -2.45. The van der Waals surface area contributed by atoms with Gasteiger partial charge in [0.25, 0.3) is 5.91 Å². The zero-order valence-electron chi connectivity index (χ0n) is 13.6. The van der Waals surface area contributed by atoms with Crippen molar-refractivity contribution in [3.05, 3.63) is 59.4 Å². The summed E-state index contributed by atoms with van der Waals surface area (Å²) in [6.07, 6.45) is 1.96. The average Bonchev–Trinajstić information content (AvgIpc) is 2.56. The largest absolute Gasteiger partial charge is 0.348 e. The van der Waals surface area contributed by atoms with Crippen LogP contribution in [-0.2, 0) is 0 Å². The van der Waals surface area contributed by atoms with E-state index < -0.39 is 5.82 Å². The number of rotatable bonds is 3. The minimum Gasteiger partial charge on any atom is -0.348 e. The predicted molar refractivity (Wildman–Crippen MR) is 97.2 cm³/mol. The number of benzene rings is 2. The minimum atomic E-state index is -0.482. The van der Waals surface area contributed by atoms with Crippen LogP contribution in [0.4, 0.5) is 4.39 Å². The van der Waals surface area contributed by atoms with Crippen LogP contribution in [-0.4, -0.2) is 25.0 Å². The normalized spacial score (nSPS) is 17.0. The third-order valence-electron chi connectivity index (χ3n) is 4.23. The van der Waals surface area contributed by atoms with E-state index in [1.165, 1.54) is 6.07 Å². The number of piperidine rings is 1. The molecule has 1 atom stereocenters. The highest BCUT2D eigenvalue weighted by Gasteiger charge is 2.18. The molecule has 0 spiro atoms. The molecule has 1 saturated heterocycles. The molecule has 2 aromatic carbocycles. The maximum Gasteiger partial charge on any atom is 0.254 e. The summed E-state index contributed by atoms with van der Waals surface area (Å²) in [5, 5.41) is 6.13. The van der Waals surface area contributed by atoms with E-state index in [-0.39, 0.29) is 29.9 Å². The first-order chi connectivity index (χ1) is 11.1. The fourth-order valence-electron chi connectivity index (χ4n) is 2.86. The third-order valence-corrected chi connectivity index (χ3v) is 4.23. The summed E-state index contributed by atoms with van der Waals surface area (Å²) in [7, 11) is 0. The molecule has 0 aliphatic carbocycles. The summed E-state index contributed by atoms with van der Waals surface area (Å²) in [6, 6.07) is 12.8. The van der Waals surface area contributed by atoms with Gasteiger partial charge in [-0.1, -0.05) is 35.9 Å². The van der Waals surface area contributed by atoms with E-state index in [9.17, 15) is 9.18 Å². The SMILES string of the molecule is Cc1ccc(-c2ccc(C(=O)NC3CCCNC3)c(F)c2)cc1.Cl. The van der Waals surface area contributed by atoms with E-state index in [4.69, 9.17) is 0 Å². The standard InChI is InChI=1S/C19H21FN2O.ClH/c1-13-4-6-14(7-5-13)15-8-9-17(18(20)11-15)19(23)22-16-3-2-10-21-12-16;/h4-9,11,16,21H,2-3,10,12H2,1H3,(H,22,23);1H. The van der Waals surface area contributed by atoms with E-state index in [0.29, 0.717) is 0 Å². The highest BCUT2D eigenvalue weighted by molar-refractivity contribution is 5.95. The van der Waals surface area contributed by atoms with Crippen molar-refractivity contribution in [1.82, 2.24) is 10.6 Å². The summed E-state index contributed by atoms with van der Waals surface area (Å²) >= 11 is 0. The van der Waals surface area contributed by atoms with Gasteiger partial charge in [-0.3, -0.25) is 4.79 Å². The molecular formula is C19H22ClFN2O. The van der Waals surface area contributed by atoms with Gasteiger partial charge in [-0.15, -0.1) is 12.4 Å². The van der Waals surface area contributed by atoms with Gasteiger partial charge in [0.05, 0.1) is 5.56 Å². The molecule has 3 nitrogen and oxygen atoms in total. The molecular weight excluding hydrogens is 327 g/mol. The molecule has 1 aliphatic rings. The van der Waals surface area contributed by atoms with Crippen LogP contribution in [0.1, 0.15) is 28.8 Å². The summed E-state index contributed by atoms with van der Waals surface area (Å²) in [5.74, 6) is -0.823. The monoisotopic (exact) mass is 348 g/mol. The van der Waals surface area contributed by atoms with E-state index in [0.717, 1.165) is 42.6 Å². The summed E-state index contributed by atoms with van der Waals surface area (Å²) in [4.78, 5) is 12.2. The number of carbonyl (C=O) groups excluding carboxylic acids is 1. The molecule has 0 saturated carbocycles. The lowest BCUT2D eigenvalue weighted by Gasteiger charge is -2.23. The number of nitrogens with one attached hydrogen (secondary N) is 2. The minimum absolute atomic E-state index is 0. The molecule has 0 bridgehead atoms. The van der Waals surface area contributed by atoms with Crippen molar-refractivity contribution in [2.45, 2.75) is 25.8 Å². The van der Waals surface area contributed by atoms with Crippen molar-refractivity contribution in [1.29, 1.82) is 0 Å². The molecule has 24 heavy (non-hydrogen) atoms. The lowest BCUT2D eigenvalue weighted by atomic mass is 10.0. The van der Waals surface area contributed by atoms with Crippen LogP contribution < -0.4 is 10.6 Å². The molecule has 1 aliphatic heterocycles. The number of aryl methyl sites for hydroxylation is 1. The molecule has 5 heteroatoms. The topological polar surface area (TPSA) is 41.1 Å². The van der Waals surface area contributed by atoms with Crippen LogP contribution in [0.2, 0.25) is 0 Å². The Bertz CT molecular complexity index is 697. The van der Waals surface area contributed by atoms with E-state index in [2.05, 4.69) is 10.6 Å². The molecule has 2 N–H and O–H groups in total. The molecule has 1 amide bonds. The highest BCUT2D eigenvalue weighted by Crippen LogP contribution is 2.22. The predicted octanol–water partition coefficient (Wildman–Crippen LogP) is 3.70. The van der Waals surface area contributed by atoms with Crippen LogP contribution in [0.15, 0.2) is 42.5 Å². The quantitative estimate of drug-likeness (QED) is 0.888. The van der Waals surface area contributed by atoms with E-state index >= 15 is 0 Å². The first kappa shape index (κ1) is 18.4. The molecule has 2 aromatic rings. The first-order valence-electron chi connectivity index (χ1n) is 8.01. The second kappa shape index (κ2) is 8.27. The summed E-state index contributed by atoms with van der Waals surface area (Å²) in [5.41, 5.74) is 2.98. The molecule has 1 heterocycles. The van der Waals surface area contributed by atoms with Crippen molar-refractivity contribution in [2.75, 3.05) is 13.1 Å². The Kier molecular flexibility index (Phi) is 6.35. The number of hydrogen-bond acceptors (Lipinski definition) is 2. The van der Waals surface area contributed by atoms with Crippen LogP contribution >= 0.6 is 12.4 Å². The molecule has 0 aromatic heterocycles. The molecule has 128 valence electrons. The van der Waals surface area contributed by atoms with E-state index in [1.807, 2.05) is 31.2 Å². The summed E-state index contributed by atoms with van der Waals surface area (Å²) in [6.45, 7) is 3.73. The zero-order chi connectivity index (χ0) is 16.2. The van der Waals surface area contributed by atoms with Crippen LogP contribution in [0.3, 0.4) is 0 Å². The van der Waals surface area contributed by atoms with Crippen molar-refractivity contribution in [3.8, 4) is 11.1 Å². The molecule has 0 radical (unpaired) electrons. The zero-order valence-corrected chi connectivity index (χ0v) is 14.5. The van der Waals surface area contributed by atoms with Gasteiger partial charge >= 0.3 is 0 Å². The molecule has 1 fully saturated rings. The van der Waals surface area contributed by atoms with Crippen LogP contribution in [0.5, 0.6) is 0 Å². The maximum absolute atomic E-state index is 14.3. The van der Waals surface area contributed by atoms with Crippen LogP contribution in [0, 0.1) is 12.7 Å². The fraction of sp³-hybridized carbons (Fsp3) is 0.316. The van der Waals surface area contributed by atoms with E-state index in [1.54, 1.807) is 12.1 Å². The smallest absolute Gasteiger partial charge is 0.254 e. The second-order valence-corrected chi connectivity index (χ2v) is 6.08. The van der Waals surface area contributed by atoms with Crippen molar-refractivity contribution >= 4 is 18.3 Å². The van der Waals surface area contributed by atoms with Crippen molar-refractivity contribution < 1.29 is 9.18 Å². The highest BCUT2D eigenvalue weighted by atomic mass is 35.5. The van der Waals surface area contributed by atoms with Gasteiger partial charge in [-0.05, 0) is 49.6 Å². The fourth-order valence-corrected chi connectivity index (χ4v) is 2.86.